The summed E-state index contributed by atoms with van der Waals surface area (Å²) < 4.78 is 9.82. The highest BCUT2D eigenvalue weighted by Crippen LogP contribution is 2.07. The summed E-state index contributed by atoms with van der Waals surface area (Å²) in [7, 11) is 1.69. The van der Waals surface area contributed by atoms with E-state index in [0.29, 0.717) is 12.5 Å². The van der Waals surface area contributed by atoms with Crippen molar-refractivity contribution in [3.8, 4) is 0 Å². The van der Waals surface area contributed by atoms with Crippen LogP contribution in [0.3, 0.4) is 0 Å². The van der Waals surface area contributed by atoms with Crippen LogP contribution in [0, 0.1) is 5.92 Å². The Morgan fingerprint density at radius 2 is 2.18 bits per heavy atom. The van der Waals surface area contributed by atoms with Crippen molar-refractivity contribution < 1.29 is 14.6 Å². The van der Waals surface area contributed by atoms with Crippen molar-refractivity contribution in [2.45, 2.75) is 19.8 Å². The van der Waals surface area contributed by atoms with Gasteiger partial charge >= 0.3 is 0 Å². The molecule has 1 atom stereocenters. The Hall–Kier alpha value is -0.120. The van der Waals surface area contributed by atoms with Crippen LogP contribution in [0.4, 0.5) is 0 Å². The van der Waals surface area contributed by atoms with Gasteiger partial charge in [-0.15, -0.1) is 0 Å². The molecule has 0 saturated heterocycles. The fourth-order valence-electron chi connectivity index (χ4n) is 0.909. The Morgan fingerprint density at radius 3 is 2.64 bits per heavy atom. The molecule has 0 fully saturated rings. The number of aliphatic hydroxyl groups is 1. The van der Waals surface area contributed by atoms with E-state index in [1.165, 1.54) is 0 Å². The van der Waals surface area contributed by atoms with Gasteiger partial charge in [0.05, 0.1) is 6.61 Å². The minimum atomic E-state index is -0.177. The second kappa shape index (κ2) is 7.98. The summed E-state index contributed by atoms with van der Waals surface area (Å²) in [6.45, 7) is 3.34. The van der Waals surface area contributed by atoms with Gasteiger partial charge < -0.3 is 14.6 Å². The normalized spacial score (nSPS) is 13.4. The Morgan fingerprint density at radius 1 is 1.45 bits per heavy atom. The lowest BCUT2D eigenvalue weighted by molar-refractivity contribution is -0.0219. The number of aliphatic hydroxyl groups excluding tert-OH is 1. The van der Waals surface area contributed by atoms with Gasteiger partial charge in [-0.2, -0.15) is 0 Å². The van der Waals surface area contributed by atoms with E-state index < -0.39 is 0 Å². The number of ether oxygens (including phenoxy) is 2. The summed E-state index contributed by atoms with van der Waals surface area (Å²) in [6.07, 6.45) is 2.08. The Kier molecular flexibility index (Phi) is 7.89. The average Bonchev–Trinajstić information content (AvgIpc) is 2.05. The standard InChI is InChI=1S/C8H18O3/c1-3-8(4-5-10-2)6-11-7-9/h8-9H,3-7H2,1-2H3. The molecule has 0 radical (unpaired) electrons. The zero-order chi connectivity index (χ0) is 8.53. The van der Waals surface area contributed by atoms with E-state index in [4.69, 9.17) is 14.6 Å². The number of methoxy groups -OCH3 is 1. The molecule has 0 spiro atoms. The minimum Gasteiger partial charge on any atom is -0.385 e. The van der Waals surface area contributed by atoms with E-state index >= 15 is 0 Å². The minimum absolute atomic E-state index is 0.177. The van der Waals surface area contributed by atoms with Crippen molar-refractivity contribution in [3.05, 3.63) is 0 Å². The van der Waals surface area contributed by atoms with Crippen LogP contribution < -0.4 is 0 Å². The molecule has 11 heavy (non-hydrogen) atoms. The van der Waals surface area contributed by atoms with Gasteiger partial charge in [0.25, 0.3) is 0 Å². The van der Waals surface area contributed by atoms with Crippen LogP contribution in [0.1, 0.15) is 19.8 Å². The van der Waals surface area contributed by atoms with Gasteiger partial charge in [-0.1, -0.05) is 13.3 Å². The summed E-state index contributed by atoms with van der Waals surface area (Å²) in [5, 5.41) is 8.38. The van der Waals surface area contributed by atoms with Crippen molar-refractivity contribution >= 4 is 0 Å². The second-order valence-corrected chi connectivity index (χ2v) is 2.56. The van der Waals surface area contributed by atoms with Crippen LogP contribution in [0.25, 0.3) is 0 Å². The molecular formula is C8H18O3. The monoisotopic (exact) mass is 162 g/mol. The van der Waals surface area contributed by atoms with E-state index in [0.717, 1.165) is 19.4 Å². The van der Waals surface area contributed by atoms with Crippen LogP contribution in [0.2, 0.25) is 0 Å². The van der Waals surface area contributed by atoms with Gasteiger partial charge in [0, 0.05) is 13.7 Å². The quantitative estimate of drug-likeness (QED) is 0.568. The van der Waals surface area contributed by atoms with Crippen LogP contribution in [-0.2, 0) is 9.47 Å². The summed E-state index contributed by atoms with van der Waals surface area (Å²) >= 11 is 0. The van der Waals surface area contributed by atoms with Crippen LogP contribution >= 0.6 is 0 Å². The molecule has 1 N–H and O–H groups in total. The van der Waals surface area contributed by atoms with E-state index in [9.17, 15) is 0 Å². The lowest BCUT2D eigenvalue weighted by atomic mass is 10.0. The van der Waals surface area contributed by atoms with Crippen molar-refractivity contribution in [2.75, 3.05) is 27.1 Å². The molecule has 0 aliphatic heterocycles. The van der Waals surface area contributed by atoms with Gasteiger partial charge in [0.1, 0.15) is 6.79 Å². The predicted molar refractivity (Wildman–Crippen MR) is 43.3 cm³/mol. The third-order valence-corrected chi connectivity index (χ3v) is 1.75. The maximum atomic E-state index is 8.38. The molecule has 0 heterocycles. The molecule has 0 aromatic carbocycles. The molecule has 0 saturated carbocycles. The zero-order valence-corrected chi connectivity index (χ0v) is 7.38. The molecule has 0 aromatic rings. The third-order valence-electron chi connectivity index (χ3n) is 1.75. The highest BCUT2D eigenvalue weighted by molar-refractivity contribution is 4.54. The van der Waals surface area contributed by atoms with Crippen LogP contribution in [-0.4, -0.2) is 32.2 Å². The molecule has 0 aromatic heterocycles. The van der Waals surface area contributed by atoms with E-state index in [-0.39, 0.29) is 6.79 Å². The summed E-state index contributed by atoms with van der Waals surface area (Å²) in [5.74, 6) is 0.516. The fourth-order valence-corrected chi connectivity index (χ4v) is 0.909. The lowest BCUT2D eigenvalue weighted by Gasteiger charge is -2.12. The van der Waals surface area contributed by atoms with Crippen LogP contribution in [0.15, 0.2) is 0 Å². The van der Waals surface area contributed by atoms with Gasteiger partial charge in [-0.05, 0) is 12.3 Å². The zero-order valence-electron chi connectivity index (χ0n) is 7.38. The molecule has 3 heteroatoms. The highest BCUT2D eigenvalue weighted by atomic mass is 16.6. The van der Waals surface area contributed by atoms with E-state index in [1.807, 2.05) is 0 Å². The maximum absolute atomic E-state index is 8.38. The first-order valence-electron chi connectivity index (χ1n) is 4.02. The first-order chi connectivity index (χ1) is 5.35. The third kappa shape index (κ3) is 6.28. The van der Waals surface area contributed by atoms with Crippen molar-refractivity contribution in [1.29, 1.82) is 0 Å². The summed E-state index contributed by atoms with van der Waals surface area (Å²) in [6, 6.07) is 0. The first kappa shape index (κ1) is 10.9. The summed E-state index contributed by atoms with van der Waals surface area (Å²) in [5.41, 5.74) is 0. The molecule has 0 aliphatic rings. The number of rotatable bonds is 7. The molecular weight excluding hydrogens is 144 g/mol. The number of hydrogen-bond donors (Lipinski definition) is 1. The van der Waals surface area contributed by atoms with E-state index in [2.05, 4.69) is 6.92 Å². The fraction of sp³-hybridized carbons (Fsp3) is 1.00. The second-order valence-electron chi connectivity index (χ2n) is 2.56. The largest absolute Gasteiger partial charge is 0.385 e. The Labute approximate surface area is 68.3 Å². The molecule has 0 rings (SSSR count). The lowest BCUT2D eigenvalue weighted by Crippen LogP contribution is -2.11. The Balaban J connectivity index is 3.25. The van der Waals surface area contributed by atoms with Gasteiger partial charge in [0.15, 0.2) is 0 Å². The molecule has 1 unspecified atom stereocenters. The van der Waals surface area contributed by atoms with Gasteiger partial charge in [-0.25, -0.2) is 0 Å². The topological polar surface area (TPSA) is 38.7 Å². The van der Waals surface area contributed by atoms with Crippen molar-refractivity contribution in [2.24, 2.45) is 5.92 Å². The summed E-state index contributed by atoms with van der Waals surface area (Å²) in [4.78, 5) is 0. The van der Waals surface area contributed by atoms with Crippen LogP contribution in [0.5, 0.6) is 0 Å². The molecule has 68 valence electrons. The molecule has 0 bridgehead atoms. The number of hydrogen-bond acceptors (Lipinski definition) is 3. The molecule has 0 amide bonds. The van der Waals surface area contributed by atoms with Gasteiger partial charge in [-0.3, -0.25) is 0 Å². The van der Waals surface area contributed by atoms with Gasteiger partial charge in [0.2, 0.25) is 0 Å². The molecule has 0 aliphatic carbocycles. The SMILES string of the molecule is CCC(CCOC)COCO. The van der Waals surface area contributed by atoms with Crippen molar-refractivity contribution in [1.82, 2.24) is 0 Å². The van der Waals surface area contributed by atoms with Crippen molar-refractivity contribution in [3.63, 3.8) is 0 Å². The predicted octanol–water partition coefficient (Wildman–Crippen LogP) is 1.02. The average molecular weight is 162 g/mol. The maximum Gasteiger partial charge on any atom is 0.143 e. The first-order valence-corrected chi connectivity index (χ1v) is 4.02. The molecule has 3 nitrogen and oxygen atoms in total. The Bertz CT molecular complexity index is 67.7. The van der Waals surface area contributed by atoms with E-state index in [1.54, 1.807) is 7.11 Å². The smallest absolute Gasteiger partial charge is 0.143 e. The highest BCUT2D eigenvalue weighted by Gasteiger charge is 2.04.